The first-order valence-corrected chi connectivity index (χ1v) is 6.96. The van der Waals surface area contributed by atoms with E-state index in [4.69, 9.17) is 9.47 Å². The maximum absolute atomic E-state index is 11.7. The third-order valence-electron chi connectivity index (χ3n) is 2.88. The highest BCUT2D eigenvalue weighted by Gasteiger charge is 2.11. The van der Waals surface area contributed by atoms with Gasteiger partial charge in [-0.2, -0.15) is 0 Å². The minimum Gasteiger partial charge on any atom is -0.497 e. The lowest BCUT2D eigenvalue weighted by Gasteiger charge is -2.18. The fraction of sp³-hybridized carbons (Fsp3) is 0.375. The van der Waals surface area contributed by atoms with Crippen LogP contribution in [0.5, 0.6) is 11.5 Å². The standard InChI is InChI=1S/C16H22N2O4/c1-4-10-18(13(2)19)12-16(20)17-9-11-22-15-7-5-14(21-3)6-8-15/h4-8H,1,9-12H2,2-3H3,(H,17,20). The zero-order valence-electron chi connectivity index (χ0n) is 13.0. The van der Waals surface area contributed by atoms with Crippen LogP contribution in [0.1, 0.15) is 6.92 Å². The van der Waals surface area contributed by atoms with Gasteiger partial charge in [0.2, 0.25) is 11.8 Å². The lowest BCUT2D eigenvalue weighted by molar-refractivity contribution is -0.133. The van der Waals surface area contributed by atoms with E-state index in [1.54, 1.807) is 37.5 Å². The number of methoxy groups -OCH3 is 1. The van der Waals surface area contributed by atoms with Gasteiger partial charge in [-0.25, -0.2) is 0 Å². The van der Waals surface area contributed by atoms with Crippen molar-refractivity contribution in [1.82, 2.24) is 10.2 Å². The Balaban J connectivity index is 2.26. The summed E-state index contributed by atoms with van der Waals surface area (Å²) in [5, 5.41) is 2.70. The number of carbonyl (C=O) groups excluding carboxylic acids is 2. The third kappa shape index (κ3) is 6.30. The van der Waals surface area contributed by atoms with Crippen molar-refractivity contribution in [1.29, 1.82) is 0 Å². The van der Waals surface area contributed by atoms with Crippen LogP contribution in [-0.2, 0) is 9.59 Å². The molecule has 0 unspecified atom stereocenters. The van der Waals surface area contributed by atoms with Gasteiger partial charge in [0, 0.05) is 13.5 Å². The quantitative estimate of drug-likeness (QED) is 0.550. The number of carbonyl (C=O) groups is 2. The second kappa shape index (κ2) is 9.44. The van der Waals surface area contributed by atoms with Crippen LogP contribution < -0.4 is 14.8 Å². The number of benzene rings is 1. The Labute approximate surface area is 130 Å². The molecule has 0 heterocycles. The van der Waals surface area contributed by atoms with Gasteiger partial charge in [0.25, 0.3) is 0 Å². The monoisotopic (exact) mass is 306 g/mol. The molecule has 2 amide bonds. The van der Waals surface area contributed by atoms with E-state index in [-0.39, 0.29) is 18.4 Å². The number of amides is 2. The summed E-state index contributed by atoms with van der Waals surface area (Å²) in [7, 11) is 1.60. The average molecular weight is 306 g/mol. The Morgan fingerprint density at radius 2 is 1.91 bits per heavy atom. The number of nitrogens with one attached hydrogen (secondary N) is 1. The summed E-state index contributed by atoms with van der Waals surface area (Å²) in [4.78, 5) is 24.4. The van der Waals surface area contributed by atoms with Crippen molar-refractivity contribution in [3.05, 3.63) is 36.9 Å². The van der Waals surface area contributed by atoms with Gasteiger partial charge in [0.15, 0.2) is 0 Å². The van der Waals surface area contributed by atoms with Gasteiger partial charge in [-0.3, -0.25) is 9.59 Å². The fourth-order valence-electron chi connectivity index (χ4n) is 1.72. The van der Waals surface area contributed by atoms with Crippen molar-refractivity contribution in [2.24, 2.45) is 0 Å². The normalized spacial score (nSPS) is 9.73. The molecule has 0 atom stereocenters. The van der Waals surface area contributed by atoms with Crippen LogP contribution in [0.2, 0.25) is 0 Å². The molecule has 1 rings (SSSR count). The van der Waals surface area contributed by atoms with Gasteiger partial charge in [0.1, 0.15) is 18.1 Å². The summed E-state index contributed by atoms with van der Waals surface area (Å²) < 4.78 is 10.5. The van der Waals surface area contributed by atoms with Crippen LogP contribution in [0.25, 0.3) is 0 Å². The Morgan fingerprint density at radius 3 is 2.45 bits per heavy atom. The SMILES string of the molecule is C=CCN(CC(=O)NCCOc1ccc(OC)cc1)C(C)=O. The van der Waals surface area contributed by atoms with Crippen molar-refractivity contribution in [2.75, 3.05) is 33.4 Å². The molecule has 0 aliphatic carbocycles. The van der Waals surface area contributed by atoms with Gasteiger partial charge < -0.3 is 19.7 Å². The van der Waals surface area contributed by atoms with E-state index < -0.39 is 0 Å². The Morgan fingerprint density at radius 1 is 1.27 bits per heavy atom. The molecule has 6 nitrogen and oxygen atoms in total. The average Bonchev–Trinajstić information content (AvgIpc) is 2.51. The first-order chi connectivity index (χ1) is 10.6. The highest BCUT2D eigenvalue weighted by atomic mass is 16.5. The molecule has 0 saturated carbocycles. The summed E-state index contributed by atoms with van der Waals surface area (Å²) in [6.07, 6.45) is 1.58. The van der Waals surface area contributed by atoms with Gasteiger partial charge in [-0.05, 0) is 24.3 Å². The van der Waals surface area contributed by atoms with Gasteiger partial charge in [0.05, 0.1) is 20.2 Å². The number of ether oxygens (including phenoxy) is 2. The zero-order chi connectivity index (χ0) is 16.4. The third-order valence-corrected chi connectivity index (χ3v) is 2.88. The molecule has 0 bridgehead atoms. The van der Waals surface area contributed by atoms with Crippen molar-refractivity contribution >= 4 is 11.8 Å². The molecule has 0 aromatic heterocycles. The number of rotatable bonds is 9. The summed E-state index contributed by atoms with van der Waals surface area (Å²) in [6, 6.07) is 7.19. The minimum absolute atomic E-state index is 0.0177. The number of hydrogen-bond donors (Lipinski definition) is 1. The van der Waals surface area contributed by atoms with Crippen LogP contribution >= 0.6 is 0 Å². The molecule has 1 aromatic rings. The molecule has 6 heteroatoms. The summed E-state index contributed by atoms with van der Waals surface area (Å²) >= 11 is 0. The van der Waals surface area contributed by atoms with Crippen LogP contribution in [0.4, 0.5) is 0 Å². The van der Waals surface area contributed by atoms with E-state index in [9.17, 15) is 9.59 Å². The molecule has 0 spiro atoms. The van der Waals surface area contributed by atoms with E-state index in [1.165, 1.54) is 11.8 Å². The largest absolute Gasteiger partial charge is 0.497 e. The second-order valence-corrected chi connectivity index (χ2v) is 4.56. The maximum Gasteiger partial charge on any atom is 0.239 e. The molecule has 1 N–H and O–H groups in total. The molecule has 120 valence electrons. The van der Waals surface area contributed by atoms with Crippen LogP contribution in [0.15, 0.2) is 36.9 Å². The summed E-state index contributed by atoms with van der Waals surface area (Å²) in [5.41, 5.74) is 0. The molecule has 0 saturated heterocycles. The van der Waals surface area contributed by atoms with Crippen LogP contribution in [0, 0.1) is 0 Å². The van der Waals surface area contributed by atoms with Gasteiger partial charge >= 0.3 is 0 Å². The molecular formula is C16H22N2O4. The molecule has 22 heavy (non-hydrogen) atoms. The van der Waals surface area contributed by atoms with Crippen molar-refractivity contribution in [2.45, 2.75) is 6.92 Å². The lowest BCUT2D eigenvalue weighted by Crippen LogP contribution is -2.40. The predicted octanol–water partition coefficient (Wildman–Crippen LogP) is 1.22. The van der Waals surface area contributed by atoms with E-state index in [1.807, 2.05) is 0 Å². The molecule has 1 aromatic carbocycles. The second-order valence-electron chi connectivity index (χ2n) is 4.56. The highest BCUT2D eigenvalue weighted by molar-refractivity contribution is 5.83. The van der Waals surface area contributed by atoms with E-state index in [0.29, 0.717) is 25.4 Å². The fourth-order valence-corrected chi connectivity index (χ4v) is 1.72. The minimum atomic E-state index is -0.226. The van der Waals surface area contributed by atoms with Crippen LogP contribution in [0.3, 0.4) is 0 Å². The molecule has 0 radical (unpaired) electrons. The number of hydrogen-bond acceptors (Lipinski definition) is 4. The topological polar surface area (TPSA) is 67.9 Å². The van der Waals surface area contributed by atoms with Gasteiger partial charge in [-0.15, -0.1) is 6.58 Å². The van der Waals surface area contributed by atoms with Crippen molar-refractivity contribution < 1.29 is 19.1 Å². The highest BCUT2D eigenvalue weighted by Crippen LogP contribution is 2.16. The van der Waals surface area contributed by atoms with Crippen molar-refractivity contribution in [3.63, 3.8) is 0 Å². The Kier molecular flexibility index (Phi) is 7.53. The molecule has 0 aliphatic heterocycles. The molecule has 0 aliphatic rings. The lowest BCUT2D eigenvalue weighted by atomic mass is 10.3. The van der Waals surface area contributed by atoms with Crippen molar-refractivity contribution in [3.8, 4) is 11.5 Å². The van der Waals surface area contributed by atoms with E-state index in [0.717, 1.165) is 5.75 Å². The maximum atomic E-state index is 11.7. The first kappa shape index (κ1) is 17.6. The Hall–Kier alpha value is -2.50. The Bertz CT molecular complexity index is 499. The van der Waals surface area contributed by atoms with E-state index in [2.05, 4.69) is 11.9 Å². The predicted molar refractivity (Wildman–Crippen MR) is 83.9 cm³/mol. The first-order valence-electron chi connectivity index (χ1n) is 6.96. The molecule has 0 fully saturated rings. The molecular weight excluding hydrogens is 284 g/mol. The van der Waals surface area contributed by atoms with Crippen LogP contribution in [-0.4, -0.2) is 50.1 Å². The number of nitrogens with zero attached hydrogens (tertiary/aromatic N) is 1. The summed E-state index contributed by atoms with van der Waals surface area (Å²) in [5.74, 6) is 1.07. The summed E-state index contributed by atoms with van der Waals surface area (Å²) in [6.45, 7) is 6.06. The van der Waals surface area contributed by atoms with E-state index >= 15 is 0 Å². The van der Waals surface area contributed by atoms with Gasteiger partial charge in [-0.1, -0.05) is 6.08 Å². The smallest absolute Gasteiger partial charge is 0.239 e. The zero-order valence-corrected chi connectivity index (χ0v) is 13.0.